The maximum Gasteiger partial charge on any atom is 0.475 e. The van der Waals surface area contributed by atoms with Gasteiger partial charge >= 0.3 is 13.9 Å². The molecule has 1 aliphatic rings. The van der Waals surface area contributed by atoms with Gasteiger partial charge in [0.15, 0.2) is 0 Å². The molecule has 0 aromatic heterocycles. The molecule has 7 rings (SSSR count). The molecular formula is C52H55N2O10P. The number of phosphoric acid groups is 1. The van der Waals surface area contributed by atoms with Crippen LogP contribution in [-0.2, 0) is 81.5 Å². The van der Waals surface area contributed by atoms with Crippen LogP contribution < -0.4 is 5.32 Å². The first-order valence-corrected chi connectivity index (χ1v) is 23.1. The van der Waals surface area contributed by atoms with Gasteiger partial charge in [-0.3, -0.25) is 23.3 Å². The van der Waals surface area contributed by atoms with Gasteiger partial charge in [-0.25, -0.2) is 9.36 Å². The normalized spacial score (nSPS) is 18.5. The zero-order chi connectivity index (χ0) is 45.1. The summed E-state index contributed by atoms with van der Waals surface area (Å²) in [6.07, 6.45) is -2.58. The van der Waals surface area contributed by atoms with E-state index in [0.717, 1.165) is 33.4 Å². The lowest BCUT2D eigenvalue weighted by atomic mass is 9.86. The van der Waals surface area contributed by atoms with Crippen LogP contribution in [0.2, 0.25) is 0 Å². The SMILES string of the molecule is CC(=O)NC1C(OCc2ccccc2)[C@H](OCc2ccccc2)C(COCc2ccccc2)N(C(=O)OCc2ccccc2)[C@@H]1COP(=O)(OCc1ccccc1)OCc1ccccc1. The smallest absolute Gasteiger partial charge is 0.445 e. The van der Waals surface area contributed by atoms with Crippen molar-refractivity contribution in [2.24, 2.45) is 0 Å². The van der Waals surface area contributed by atoms with Gasteiger partial charge in [0.2, 0.25) is 5.91 Å². The number of benzene rings is 6. The van der Waals surface area contributed by atoms with Gasteiger partial charge in [0.25, 0.3) is 0 Å². The fraction of sp³-hybridized carbons (Fsp3) is 0.269. The average molecular weight is 899 g/mol. The van der Waals surface area contributed by atoms with Crippen LogP contribution in [0.3, 0.4) is 0 Å². The molecule has 3 unspecified atom stereocenters. The Morgan fingerprint density at radius 1 is 0.477 bits per heavy atom. The summed E-state index contributed by atoms with van der Waals surface area (Å²) in [5.41, 5.74) is 4.91. The third kappa shape index (κ3) is 14.3. The monoisotopic (exact) mass is 898 g/mol. The van der Waals surface area contributed by atoms with Crippen LogP contribution in [0.25, 0.3) is 0 Å². The molecule has 12 nitrogen and oxygen atoms in total. The zero-order valence-corrected chi connectivity index (χ0v) is 37.2. The number of likely N-dealkylation sites (tertiary alicyclic amines) is 1. The number of nitrogens with one attached hydrogen (secondary N) is 1. The van der Waals surface area contributed by atoms with Crippen molar-refractivity contribution >= 4 is 19.8 Å². The van der Waals surface area contributed by atoms with Crippen molar-refractivity contribution in [3.63, 3.8) is 0 Å². The van der Waals surface area contributed by atoms with Crippen molar-refractivity contribution in [1.29, 1.82) is 0 Å². The number of nitrogens with zero attached hydrogens (tertiary/aromatic N) is 1. The molecule has 0 spiro atoms. The molecule has 1 heterocycles. The maximum absolute atomic E-state index is 15.0. The van der Waals surface area contributed by atoms with E-state index in [1.54, 1.807) is 0 Å². The van der Waals surface area contributed by atoms with Crippen LogP contribution in [0.15, 0.2) is 182 Å². The highest BCUT2D eigenvalue weighted by molar-refractivity contribution is 7.48. The zero-order valence-electron chi connectivity index (χ0n) is 36.3. The van der Waals surface area contributed by atoms with E-state index in [1.165, 1.54) is 11.8 Å². The number of rotatable bonds is 22. The van der Waals surface area contributed by atoms with Crippen molar-refractivity contribution in [3.05, 3.63) is 215 Å². The topological polar surface area (TPSA) is 131 Å². The Kier molecular flexibility index (Phi) is 17.6. The van der Waals surface area contributed by atoms with E-state index in [-0.39, 0.29) is 46.2 Å². The molecule has 1 N–H and O–H groups in total. The molecule has 338 valence electrons. The molecule has 65 heavy (non-hydrogen) atoms. The van der Waals surface area contributed by atoms with Gasteiger partial charge in [-0.2, -0.15) is 0 Å². The molecule has 6 aromatic rings. The molecule has 1 aliphatic heterocycles. The molecule has 0 bridgehead atoms. The minimum Gasteiger partial charge on any atom is -0.445 e. The number of ether oxygens (including phenoxy) is 4. The van der Waals surface area contributed by atoms with E-state index in [1.807, 2.05) is 182 Å². The van der Waals surface area contributed by atoms with Crippen LogP contribution in [-0.4, -0.2) is 60.4 Å². The number of phosphoric ester groups is 1. The highest BCUT2D eigenvalue weighted by Gasteiger charge is 2.54. The van der Waals surface area contributed by atoms with Crippen LogP contribution in [0.4, 0.5) is 4.79 Å². The molecule has 13 heteroatoms. The van der Waals surface area contributed by atoms with E-state index >= 15 is 0 Å². The molecule has 0 saturated carbocycles. The average Bonchev–Trinajstić information content (AvgIpc) is 3.35. The largest absolute Gasteiger partial charge is 0.475 e. The van der Waals surface area contributed by atoms with Gasteiger partial charge in [-0.05, 0) is 33.4 Å². The second-order valence-electron chi connectivity index (χ2n) is 15.6. The predicted octanol–water partition coefficient (Wildman–Crippen LogP) is 9.83. The van der Waals surface area contributed by atoms with Crippen molar-refractivity contribution in [2.45, 2.75) is 76.9 Å². The minimum atomic E-state index is -4.42. The molecule has 1 fully saturated rings. The van der Waals surface area contributed by atoms with Crippen LogP contribution in [0.5, 0.6) is 0 Å². The van der Waals surface area contributed by atoms with E-state index in [0.29, 0.717) is 0 Å². The van der Waals surface area contributed by atoms with Crippen LogP contribution >= 0.6 is 7.82 Å². The van der Waals surface area contributed by atoms with E-state index in [2.05, 4.69) is 5.32 Å². The first-order valence-electron chi connectivity index (χ1n) is 21.6. The molecule has 1 saturated heterocycles. The first kappa shape index (κ1) is 47.0. The maximum atomic E-state index is 15.0. The van der Waals surface area contributed by atoms with Gasteiger partial charge in [0.1, 0.15) is 18.8 Å². The van der Waals surface area contributed by atoms with Crippen molar-refractivity contribution in [1.82, 2.24) is 10.2 Å². The highest BCUT2D eigenvalue weighted by atomic mass is 31.2. The van der Waals surface area contributed by atoms with E-state index in [4.69, 9.17) is 32.5 Å². The lowest BCUT2D eigenvalue weighted by Gasteiger charge is -2.52. The first-order chi connectivity index (χ1) is 31.8. The number of carbonyl (C=O) groups excluding carboxylic acids is 2. The summed E-state index contributed by atoms with van der Waals surface area (Å²) in [5.74, 6) is -0.407. The van der Waals surface area contributed by atoms with Gasteiger partial charge in [0.05, 0.1) is 64.4 Å². The summed E-state index contributed by atoms with van der Waals surface area (Å²) in [4.78, 5) is 29.8. The number of piperidine rings is 1. The molecular weight excluding hydrogens is 844 g/mol. The summed E-state index contributed by atoms with van der Waals surface area (Å²) in [6, 6.07) is 53.7. The summed E-state index contributed by atoms with van der Waals surface area (Å²) in [6.45, 7) is 1.14. The fourth-order valence-corrected chi connectivity index (χ4v) is 8.77. The van der Waals surface area contributed by atoms with Crippen molar-refractivity contribution < 1.29 is 46.7 Å². The molecule has 0 radical (unpaired) electrons. The fourth-order valence-electron chi connectivity index (χ4n) is 7.60. The second-order valence-corrected chi connectivity index (χ2v) is 17.3. The second kappa shape index (κ2) is 24.4. The third-order valence-corrected chi connectivity index (χ3v) is 12.2. The Morgan fingerprint density at radius 2 is 0.862 bits per heavy atom. The van der Waals surface area contributed by atoms with Crippen LogP contribution in [0.1, 0.15) is 40.3 Å². The molecule has 6 aromatic carbocycles. The Bertz CT molecular complexity index is 2320. The van der Waals surface area contributed by atoms with Gasteiger partial charge in [-0.1, -0.05) is 182 Å². The van der Waals surface area contributed by atoms with Crippen LogP contribution in [0, 0.1) is 0 Å². The van der Waals surface area contributed by atoms with E-state index in [9.17, 15) is 14.2 Å². The number of carbonyl (C=O) groups is 2. The minimum absolute atomic E-state index is 0.0457. The number of hydrogen-bond donors (Lipinski definition) is 1. The Labute approximate surface area is 381 Å². The highest BCUT2D eigenvalue weighted by Crippen LogP contribution is 2.51. The van der Waals surface area contributed by atoms with Crippen molar-refractivity contribution in [2.75, 3.05) is 13.2 Å². The Balaban J connectivity index is 1.29. The summed E-state index contributed by atoms with van der Waals surface area (Å²) < 4.78 is 59.6. The van der Waals surface area contributed by atoms with Crippen molar-refractivity contribution in [3.8, 4) is 0 Å². The summed E-state index contributed by atoms with van der Waals surface area (Å²) in [5, 5.41) is 3.07. The number of amides is 2. The molecule has 5 atom stereocenters. The van der Waals surface area contributed by atoms with E-state index < -0.39 is 56.8 Å². The Morgan fingerprint density at radius 3 is 1.29 bits per heavy atom. The number of hydrogen-bond acceptors (Lipinski definition) is 10. The molecule has 0 aliphatic carbocycles. The Hall–Kier alpha value is -5.95. The lowest BCUT2D eigenvalue weighted by molar-refractivity contribution is -0.182. The molecule has 2 amide bonds. The van der Waals surface area contributed by atoms with Gasteiger partial charge < -0.3 is 24.3 Å². The standard InChI is InChI=1S/C52H55N2O10P/c1-40(55)53-49-47(39-64-65(57,62-36-45-28-16-6-17-29-45)63-37-46-30-18-7-19-31-46)54(52(56)61-35-44-26-14-5-15-27-44)48(38-58-32-41-20-8-2-9-21-41)50(59-33-42-22-10-3-11-23-42)51(49)60-34-43-24-12-4-13-25-43/h2-31,47-51H,32-39H2,1H3,(H,53,55)/t47-,48?,49?,50-,51?/m1/s1. The lowest BCUT2D eigenvalue weighted by Crippen LogP contribution is -2.74. The quantitative estimate of drug-likeness (QED) is 0.0658. The summed E-state index contributed by atoms with van der Waals surface area (Å²) >= 11 is 0. The van der Waals surface area contributed by atoms with Gasteiger partial charge in [0, 0.05) is 6.92 Å². The van der Waals surface area contributed by atoms with Gasteiger partial charge in [-0.15, -0.1) is 0 Å². The summed E-state index contributed by atoms with van der Waals surface area (Å²) in [7, 11) is -4.42. The third-order valence-electron chi connectivity index (χ3n) is 10.8. The predicted molar refractivity (Wildman–Crippen MR) is 246 cm³/mol.